The number of rotatable bonds is 10. The largest absolute Gasteiger partial charge is 0.573 e. The number of halogens is 3. The van der Waals surface area contributed by atoms with Crippen molar-refractivity contribution in [1.82, 2.24) is 14.8 Å². The van der Waals surface area contributed by atoms with Crippen molar-refractivity contribution in [1.29, 1.82) is 0 Å². The van der Waals surface area contributed by atoms with E-state index in [0.717, 1.165) is 23.1 Å². The molecule has 1 aliphatic heterocycles. The van der Waals surface area contributed by atoms with Crippen molar-refractivity contribution in [3.8, 4) is 28.6 Å². The molecule has 14 heteroatoms. The van der Waals surface area contributed by atoms with Gasteiger partial charge in [0.15, 0.2) is 11.0 Å². The lowest BCUT2D eigenvalue weighted by molar-refractivity contribution is -0.274. The van der Waals surface area contributed by atoms with Crippen molar-refractivity contribution in [2.45, 2.75) is 39.0 Å². The highest BCUT2D eigenvalue weighted by Crippen LogP contribution is 2.37. The molecular formula is C32H30F3N5O5S. The number of benzene rings is 3. The van der Waals surface area contributed by atoms with Crippen molar-refractivity contribution in [2.75, 3.05) is 24.4 Å². The molecule has 10 nitrogen and oxygen atoms in total. The number of hydrogen-bond acceptors (Lipinski definition) is 8. The maximum absolute atomic E-state index is 12.9. The number of alkyl halides is 3. The Labute approximate surface area is 267 Å². The van der Waals surface area contributed by atoms with Gasteiger partial charge < -0.3 is 14.2 Å². The second kappa shape index (κ2) is 14.1. The van der Waals surface area contributed by atoms with Crippen LogP contribution < -0.4 is 14.4 Å². The van der Waals surface area contributed by atoms with Crippen LogP contribution in [-0.2, 0) is 16.0 Å². The van der Waals surface area contributed by atoms with Crippen LogP contribution in [0.3, 0.4) is 0 Å². The number of nitrogens with zero attached hydrogens (tertiary/aromatic N) is 5. The number of anilines is 1. The van der Waals surface area contributed by atoms with Gasteiger partial charge >= 0.3 is 12.5 Å². The number of aliphatic imine (C=N–C) groups is 1. The second-order valence-corrected chi connectivity index (χ2v) is 11.2. The summed E-state index contributed by atoms with van der Waals surface area (Å²) < 4.78 is 53.3. The zero-order chi connectivity index (χ0) is 32.8. The molecule has 46 heavy (non-hydrogen) atoms. The van der Waals surface area contributed by atoms with Gasteiger partial charge in [-0.05, 0) is 53.8 Å². The van der Waals surface area contributed by atoms with E-state index in [4.69, 9.17) is 9.47 Å². The molecule has 0 N–H and O–H groups in total. The van der Waals surface area contributed by atoms with Gasteiger partial charge in [0.1, 0.15) is 17.8 Å². The maximum atomic E-state index is 12.9. The summed E-state index contributed by atoms with van der Waals surface area (Å²) >= 11 is 1.18. The van der Waals surface area contributed by atoms with Crippen molar-refractivity contribution in [3.05, 3.63) is 84.2 Å². The average molecular weight is 654 g/mol. The third-order valence-electron chi connectivity index (χ3n) is 7.23. The minimum Gasteiger partial charge on any atom is -0.497 e. The first-order chi connectivity index (χ1) is 22.0. The Morgan fingerprint density at radius 2 is 1.78 bits per heavy atom. The molecule has 1 aliphatic rings. The fraction of sp³-hybridized carbons (Fsp3) is 0.281. The third kappa shape index (κ3) is 7.86. The lowest BCUT2D eigenvalue weighted by Crippen LogP contribution is -2.31. The number of amidine groups is 1. The molecule has 240 valence electrons. The first-order valence-corrected chi connectivity index (χ1v) is 15.3. The van der Waals surface area contributed by atoms with Gasteiger partial charge in [0.2, 0.25) is 5.91 Å². The Bertz CT molecular complexity index is 1730. The standard InChI is InChI=1S/C32H30F3N5O5S/c1-4-20(2)26-14-13-25(43-3)17-27(26)40-28(41)18-46-30(40)37-31(42)44-16-15-21-5-7-22(8-6-21)29-36-19-39(38-29)23-9-11-24(12-10-23)45-32(33,34)35/h5-14,17,19-20H,4,15-16,18H2,1-3H3/b37-30-. The number of carbonyl (C=O) groups is 2. The molecule has 2 amide bonds. The number of amides is 2. The van der Waals surface area contributed by atoms with Crippen LogP contribution in [0.25, 0.3) is 17.1 Å². The molecule has 1 atom stereocenters. The summed E-state index contributed by atoms with van der Waals surface area (Å²) in [6.45, 7) is 4.21. The Hall–Kier alpha value is -4.85. The van der Waals surface area contributed by atoms with E-state index < -0.39 is 12.5 Å². The van der Waals surface area contributed by atoms with Gasteiger partial charge in [0.05, 0.1) is 30.8 Å². The molecule has 4 aromatic rings. The number of ether oxygens (including phenoxy) is 3. The SMILES string of the molecule is CCC(C)c1ccc(OC)cc1N1C(=O)CS/C1=N\C(=O)OCCc1ccc(-c2ncn(-c3ccc(OC(F)(F)F)cc3)n2)cc1. The molecule has 1 aromatic heterocycles. The average Bonchev–Trinajstić information content (AvgIpc) is 3.67. The van der Waals surface area contributed by atoms with E-state index >= 15 is 0 Å². The minimum absolute atomic E-state index is 0.0752. The molecular weight excluding hydrogens is 623 g/mol. The molecule has 0 radical (unpaired) electrons. The number of thioether (sulfide) groups is 1. The van der Waals surface area contributed by atoms with Gasteiger partial charge in [0.25, 0.3) is 0 Å². The van der Waals surface area contributed by atoms with E-state index in [-0.39, 0.29) is 35.1 Å². The fourth-order valence-corrected chi connectivity index (χ4v) is 5.52. The summed E-state index contributed by atoms with van der Waals surface area (Å²) in [7, 11) is 1.55. The Morgan fingerprint density at radius 1 is 1.07 bits per heavy atom. The molecule has 1 fully saturated rings. The van der Waals surface area contributed by atoms with E-state index in [1.807, 2.05) is 36.4 Å². The smallest absolute Gasteiger partial charge is 0.497 e. The molecule has 5 rings (SSSR count). The van der Waals surface area contributed by atoms with Gasteiger partial charge in [0, 0.05) is 18.1 Å². The number of hydrogen-bond donors (Lipinski definition) is 0. The fourth-order valence-electron chi connectivity index (χ4n) is 4.67. The van der Waals surface area contributed by atoms with Gasteiger partial charge in [-0.25, -0.2) is 14.5 Å². The van der Waals surface area contributed by atoms with Gasteiger partial charge in [-0.15, -0.1) is 18.3 Å². The monoisotopic (exact) mass is 653 g/mol. The first-order valence-electron chi connectivity index (χ1n) is 14.3. The van der Waals surface area contributed by atoms with Crippen LogP contribution in [0, 0.1) is 0 Å². The van der Waals surface area contributed by atoms with E-state index in [1.165, 1.54) is 51.9 Å². The van der Waals surface area contributed by atoms with Crippen molar-refractivity contribution in [3.63, 3.8) is 0 Å². The van der Waals surface area contributed by atoms with Gasteiger partial charge in [-0.1, -0.05) is 55.9 Å². The maximum Gasteiger partial charge on any atom is 0.573 e. The number of carbonyl (C=O) groups excluding carboxylic acids is 2. The summed E-state index contributed by atoms with van der Waals surface area (Å²) in [6, 6.07) is 18.2. The topological polar surface area (TPSA) is 108 Å². The highest BCUT2D eigenvalue weighted by molar-refractivity contribution is 8.15. The minimum atomic E-state index is -4.77. The van der Waals surface area contributed by atoms with E-state index in [9.17, 15) is 22.8 Å². The molecule has 0 spiro atoms. The molecule has 1 unspecified atom stereocenters. The van der Waals surface area contributed by atoms with Crippen LogP contribution in [0.4, 0.5) is 23.7 Å². The Balaban J connectivity index is 1.18. The van der Waals surface area contributed by atoms with Crippen LogP contribution >= 0.6 is 11.8 Å². The first kappa shape index (κ1) is 32.5. The molecule has 0 saturated carbocycles. The predicted octanol–water partition coefficient (Wildman–Crippen LogP) is 7.17. The van der Waals surface area contributed by atoms with E-state index in [0.29, 0.717) is 29.4 Å². The van der Waals surface area contributed by atoms with Gasteiger partial charge in [-0.2, -0.15) is 4.99 Å². The van der Waals surface area contributed by atoms with Crippen molar-refractivity contribution < 1.29 is 37.0 Å². The van der Waals surface area contributed by atoms with Crippen molar-refractivity contribution >= 4 is 34.6 Å². The summed E-state index contributed by atoms with van der Waals surface area (Å²) in [5.74, 6) is 0.840. The van der Waals surface area contributed by atoms with Crippen LogP contribution in [0.5, 0.6) is 11.5 Å². The second-order valence-electron chi connectivity index (χ2n) is 10.3. The third-order valence-corrected chi connectivity index (χ3v) is 8.15. The summed E-state index contributed by atoms with van der Waals surface area (Å²) in [6.07, 6.45) is -2.81. The van der Waals surface area contributed by atoms with Crippen molar-refractivity contribution in [2.24, 2.45) is 4.99 Å². The van der Waals surface area contributed by atoms with Gasteiger partial charge in [-0.3, -0.25) is 9.69 Å². The van der Waals surface area contributed by atoms with E-state index in [1.54, 1.807) is 13.2 Å². The zero-order valence-corrected chi connectivity index (χ0v) is 26.0. The molecule has 1 saturated heterocycles. The summed E-state index contributed by atoms with van der Waals surface area (Å²) in [5, 5.41) is 4.66. The summed E-state index contributed by atoms with van der Waals surface area (Å²) in [4.78, 5) is 35.4. The number of methoxy groups -OCH3 is 1. The number of aromatic nitrogens is 3. The lowest BCUT2D eigenvalue weighted by atomic mass is 9.96. The normalized spacial score (nSPS) is 14.9. The highest BCUT2D eigenvalue weighted by Gasteiger charge is 2.33. The van der Waals surface area contributed by atoms with Crippen LogP contribution in [0.15, 0.2) is 78.0 Å². The Morgan fingerprint density at radius 3 is 2.46 bits per heavy atom. The van der Waals surface area contributed by atoms with Crippen LogP contribution in [0.1, 0.15) is 37.3 Å². The summed E-state index contributed by atoms with van der Waals surface area (Å²) in [5.41, 5.74) is 3.73. The molecule has 0 bridgehead atoms. The highest BCUT2D eigenvalue weighted by atomic mass is 32.2. The van der Waals surface area contributed by atoms with E-state index in [2.05, 4.69) is 33.7 Å². The van der Waals surface area contributed by atoms with Crippen LogP contribution in [-0.4, -0.2) is 57.8 Å². The Kier molecular flexibility index (Phi) is 9.95. The zero-order valence-electron chi connectivity index (χ0n) is 25.2. The predicted molar refractivity (Wildman–Crippen MR) is 168 cm³/mol. The van der Waals surface area contributed by atoms with Crippen LogP contribution in [0.2, 0.25) is 0 Å². The quantitative estimate of drug-likeness (QED) is 0.177. The molecule has 2 heterocycles. The lowest BCUT2D eigenvalue weighted by Gasteiger charge is -2.23. The molecule has 3 aromatic carbocycles. The molecule has 0 aliphatic carbocycles.